The van der Waals surface area contributed by atoms with Crippen LogP contribution < -0.4 is 15.4 Å². The number of carbonyl (C=O) groups excluding carboxylic acids is 3. The van der Waals surface area contributed by atoms with E-state index in [0.29, 0.717) is 43.1 Å². The molecule has 4 rings (SSSR count). The van der Waals surface area contributed by atoms with Gasteiger partial charge in [-0.15, -0.1) is 5.10 Å². The summed E-state index contributed by atoms with van der Waals surface area (Å²) in [6.45, 7) is 6.86. The summed E-state index contributed by atoms with van der Waals surface area (Å²) in [5.41, 5.74) is 1.35. The quantitative estimate of drug-likeness (QED) is 0.495. The molecule has 0 unspecified atom stereocenters. The van der Waals surface area contributed by atoms with Crippen LogP contribution in [0.25, 0.3) is 0 Å². The minimum absolute atomic E-state index is 0.0126. The molecule has 40 heavy (non-hydrogen) atoms. The van der Waals surface area contributed by atoms with E-state index in [9.17, 15) is 18.8 Å². The highest BCUT2D eigenvalue weighted by Gasteiger charge is 2.25. The standard InChI is InChI=1S/C27H34FN7O5/c1-17(2)12-23-27(38)29-7-9-34(25(36)15-21-13-18(3)32-40-21)8-6-20-16-35(33-31-20)10-11-39-24-5-4-19(28)14-22(24)26(37)30-23/h4-5,13-14,16-17,23H,6-12,15H2,1-3H3,(H,29,38)(H,30,37)/t23-/m1/s1. The average Bonchev–Trinajstić information content (AvgIpc) is 3.53. The molecule has 2 N–H and O–H groups in total. The monoisotopic (exact) mass is 555 g/mol. The second kappa shape index (κ2) is 13.2. The summed E-state index contributed by atoms with van der Waals surface area (Å²) in [6, 6.07) is 4.52. The second-order valence-electron chi connectivity index (χ2n) is 10.2. The van der Waals surface area contributed by atoms with E-state index in [1.807, 2.05) is 13.8 Å². The lowest BCUT2D eigenvalue weighted by atomic mass is 10.0. The molecule has 1 aliphatic heterocycles. The van der Waals surface area contributed by atoms with Crippen molar-refractivity contribution in [3.63, 3.8) is 0 Å². The smallest absolute Gasteiger partial charge is 0.255 e. The Morgan fingerprint density at radius 1 is 1.20 bits per heavy atom. The van der Waals surface area contributed by atoms with Gasteiger partial charge in [-0.3, -0.25) is 14.4 Å². The van der Waals surface area contributed by atoms with Gasteiger partial charge in [-0.25, -0.2) is 9.07 Å². The van der Waals surface area contributed by atoms with Crippen molar-refractivity contribution in [3.05, 3.63) is 59.0 Å². The molecule has 0 saturated heterocycles. The number of aryl methyl sites for hydroxylation is 1. The minimum Gasteiger partial charge on any atom is -0.491 e. The molecule has 0 radical (unpaired) electrons. The highest BCUT2D eigenvalue weighted by Crippen LogP contribution is 2.21. The Kier molecular flexibility index (Phi) is 9.46. The molecule has 0 saturated carbocycles. The zero-order chi connectivity index (χ0) is 28.6. The van der Waals surface area contributed by atoms with Crippen LogP contribution in [0.2, 0.25) is 0 Å². The number of nitrogens with one attached hydrogen (secondary N) is 2. The summed E-state index contributed by atoms with van der Waals surface area (Å²) >= 11 is 0. The SMILES string of the molecule is Cc1cc(CC(=O)N2CCNC(=O)[C@@H](CC(C)C)NC(=O)c3cc(F)ccc3OCCn3cc(nn3)CC2)on1. The third-order valence-electron chi connectivity index (χ3n) is 6.35. The van der Waals surface area contributed by atoms with Crippen molar-refractivity contribution in [2.45, 2.75) is 52.6 Å². The predicted molar refractivity (Wildman–Crippen MR) is 141 cm³/mol. The van der Waals surface area contributed by atoms with Crippen LogP contribution in [0.3, 0.4) is 0 Å². The van der Waals surface area contributed by atoms with Crippen LogP contribution in [0.15, 0.2) is 35.0 Å². The van der Waals surface area contributed by atoms with Crippen molar-refractivity contribution in [2.24, 2.45) is 5.92 Å². The Labute approximate surface area is 231 Å². The summed E-state index contributed by atoms with van der Waals surface area (Å²) in [5, 5.41) is 17.7. The predicted octanol–water partition coefficient (Wildman–Crippen LogP) is 1.68. The van der Waals surface area contributed by atoms with Crippen LogP contribution in [-0.2, 0) is 29.0 Å². The van der Waals surface area contributed by atoms with Gasteiger partial charge in [0.2, 0.25) is 11.8 Å². The van der Waals surface area contributed by atoms with E-state index in [4.69, 9.17) is 9.26 Å². The highest BCUT2D eigenvalue weighted by molar-refractivity contribution is 5.99. The maximum absolute atomic E-state index is 14.1. The van der Waals surface area contributed by atoms with Gasteiger partial charge in [0.15, 0.2) is 0 Å². The first-order chi connectivity index (χ1) is 19.2. The number of nitrogens with zero attached hydrogens (tertiary/aromatic N) is 5. The van der Waals surface area contributed by atoms with Crippen LogP contribution in [0.1, 0.15) is 47.8 Å². The average molecular weight is 556 g/mol. The molecule has 3 amide bonds. The maximum Gasteiger partial charge on any atom is 0.255 e. The Morgan fingerprint density at radius 3 is 2.77 bits per heavy atom. The second-order valence-corrected chi connectivity index (χ2v) is 10.2. The summed E-state index contributed by atoms with van der Waals surface area (Å²) in [5.74, 6) is -1.08. The van der Waals surface area contributed by atoms with Gasteiger partial charge >= 0.3 is 0 Å². The first-order valence-electron chi connectivity index (χ1n) is 13.3. The fourth-order valence-corrected chi connectivity index (χ4v) is 4.36. The van der Waals surface area contributed by atoms with E-state index in [2.05, 4.69) is 26.1 Å². The number of rotatable bonds is 4. The van der Waals surface area contributed by atoms with Crippen LogP contribution in [-0.4, -0.2) is 75.1 Å². The highest BCUT2D eigenvalue weighted by atomic mass is 19.1. The largest absolute Gasteiger partial charge is 0.491 e. The number of aromatic nitrogens is 4. The molecule has 2 aromatic heterocycles. The van der Waals surface area contributed by atoms with Gasteiger partial charge in [-0.05, 0) is 37.5 Å². The summed E-state index contributed by atoms with van der Waals surface area (Å²) in [7, 11) is 0. The number of hydrogen-bond acceptors (Lipinski definition) is 8. The van der Waals surface area contributed by atoms with Gasteiger partial charge < -0.3 is 24.8 Å². The molecule has 1 aromatic carbocycles. The molecule has 0 spiro atoms. The molecular formula is C27H34FN7O5. The summed E-state index contributed by atoms with van der Waals surface area (Å²) in [4.78, 5) is 41.1. The third-order valence-corrected chi connectivity index (χ3v) is 6.35. The molecular weight excluding hydrogens is 521 g/mol. The van der Waals surface area contributed by atoms with Gasteiger partial charge in [0.25, 0.3) is 5.91 Å². The Morgan fingerprint density at radius 2 is 2.02 bits per heavy atom. The molecule has 1 atom stereocenters. The van der Waals surface area contributed by atoms with Gasteiger partial charge in [0.1, 0.15) is 30.0 Å². The third kappa shape index (κ3) is 7.87. The molecule has 3 aromatic rings. The Balaban J connectivity index is 1.55. The summed E-state index contributed by atoms with van der Waals surface area (Å²) in [6.07, 6.45) is 2.60. The minimum atomic E-state index is -0.867. The fraction of sp³-hybridized carbons (Fsp3) is 0.481. The van der Waals surface area contributed by atoms with E-state index < -0.39 is 23.7 Å². The summed E-state index contributed by atoms with van der Waals surface area (Å²) < 4.78 is 26.7. The molecule has 2 bridgehead atoms. The van der Waals surface area contributed by atoms with Crippen molar-refractivity contribution < 1.29 is 28.0 Å². The molecule has 214 valence electrons. The van der Waals surface area contributed by atoms with E-state index in [1.165, 1.54) is 12.1 Å². The van der Waals surface area contributed by atoms with Gasteiger partial charge in [-0.1, -0.05) is 24.2 Å². The normalized spacial score (nSPS) is 17.3. The number of carbonyl (C=O) groups is 3. The first-order valence-corrected chi connectivity index (χ1v) is 13.3. The molecule has 0 aliphatic carbocycles. The molecule has 13 heteroatoms. The van der Waals surface area contributed by atoms with Crippen LogP contribution in [0.5, 0.6) is 5.75 Å². The molecule has 0 fully saturated rings. The van der Waals surface area contributed by atoms with Crippen LogP contribution in [0.4, 0.5) is 4.39 Å². The Hall–Kier alpha value is -4.29. The van der Waals surface area contributed by atoms with Gasteiger partial charge in [0, 0.05) is 38.3 Å². The number of fused-ring (bicyclic) bond motifs is 3. The lowest BCUT2D eigenvalue weighted by Crippen LogP contribution is -2.49. The maximum atomic E-state index is 14.1. The molecule has 3 heterocycles. The number of hydrogen-bond donors (Lipinski definition) is 2. The fourth-order valence-electron chi connectivity index (χ4n) is 4.36. The zero-order valence-corrected chi connectivity index (χ0v) is 22.9. The van der Waals surface area contributed by atoms with Crippen LogP contribution >= 0.6 is 0 Å². The topological polar surface area (TPSA) is 144 Å². The van der Waals surface area contributed by atoms with E-state index in [0.717, 1.165) is 6.07 Å². The van der Waals surface area contributed by atoms with E-state index in [-0.39, 0.29) is 49.3 Å². The molecule has 1 aliphatic rings. The van der Waals surface area contributed by atoms with Crippen molar-refractivity contribution in [3.8, 4) is 5.75 Å². The van der Waals surface area contributed by atoms with E-state index >= 15 is 0 Å². The van der Waals surface area contributed by atoms with Crippen molar-refractivity contribution in [1.29, 1.82) is 0 Å². The lowest BCUT2D eigenvalue weighted by Gasteiger charge is -2.24. The Bertz CT molecular complexity index is 1340. The van der Waals surface area contributed by atoms with Crippen LogP contribution in [0, 0.1) is 18.7 Å². The molecule has 12 nitrogen and oxygen atoms in total. The number of amides is 3. The number of ether oxygens (including phenoxy) is 1. The lowest BCUT2D eigenvalue weighted by molar-refractivity contribution is -0.131. The number of benzene rings is 1. The zero-order valence-electron chi connectivity index (χ0n) is 22.9. The van der Waals surface area contributed by atoms with Crippen molar-refractivity contribution in [2.75, 3.05) is 26.2 Å². The number of halogens is 1. The first kappa shape index (κ1) is 28.7. The van der Waals surface area contributed by atoms with Crippen molar-refractivity contribution in [1.82, 2.24) is 35.7 Å². The van der Waals surface area contributed by atoms with E-state index in [1.54, 1.807) is 28.8 Å². The van der Waals surface area contributed by atoms with Gasteiger partial charge in [0.05, 0.1) is 29.9 Å². The van der Waals surface area contributed by atoms with Gasteiger partial charge in [-0.2, -0.15) is 0 Å². The van der Waals surface area contributed by atoms with Crippen molar-refractivity contribution >= 4 is 17.7 Å².